The monoisotopic (exact) mass is 421 g/mol. The first-order valence-corrected chi connectivity index (χ1v) is 10.8. The second kappa shape index (κ2) is 8.29. The molecule has 3 rings (SSSR count). The summed E-state index contributed by atoms with van der Waals surface area (Å²) in [4.78, 5) is 24.1. The molecular formula is C18H23N5O5S. The lowest BCUT2D eigenvalue weighted by Gasteiger charge is -2.16. The van der Waals surface area contributed by atoms with Crippen molar-refractivity contribution in [2.75, 3.05) is 18.0 Å². The zero-order valence-corrected chi connectivity index (χ0v) is 17.1. The van der Waals surface area contributed by atoms with Gasteiger partial charge in [0.15, 0.2) is 0 Å². The highest BCUT2D eigenvalue weighted by molar-refractivity contribution is 7.89. The summed E-state index contributed by atoms with van der Waals surface area (Å²) in [5.74, 6) is 0.0446. The molecule has 0 spiro atoms. The molecule has 1 amide bonds. The van der Waals surface area contributed by atoms with Gasteiger partial charge in [-0.05, 0) is 51.0 Å². The fourth-order valence-corrected chi connectivity index (χ4v) is 4.49. The van der Waals surface area contributed by atoms with Crippen molar-refractivity contribution in [3.8, 4) is 0 Å². The SMILES string of the molecule is Cc1nn(CCCNS(=O)(=O)c2ccc(N3CCCC3=O)cc2)c(C)c1[N+](=O)[O-]. The van der Waals surface area contributed by atoms with Crippen LogP contribution >= 0.6 is 0 Å². The molecule has 1 saturated heterocycles. The second-order valence-corrected chi connectivity index (χ2v) is 8.66. The molecular weight excluding hydrogens is 398 g/mol. The number of benzene rings is 1. The highest BCUT2D eigenvalue weighted by Crippen LogP contribution is 2.23. The predicted octanol–water partition coefficient (Wildman–Crippen LogP) is 1.90. The third-order valence-corrected chi connectivity index (χ3v) is 6.37. The van der Waals surface area contributed by atoms with Crippen LogP contribution < -0.4 is 9.62 Å². The summed E-state index contributed by atoms with van der Waals surface area (Å²) in [7, 11) is -3.69. The molecule has 156 valence electrons. The van der Waals surface area contributed by atoms with Gasteiger partial charge in [0.05, 0.1) is 9.82 Å². The fraction of sp³-hybridized carbons (Fsp3) is 0.444. The standard InChI is InChI=1S/C18H23N5O5S/c1-13-18(23(25)26)14(2)22(20-13)12-4-10-19-29(27,28)16-8-6-15(7-9-16)21-11-3-5-17(21)24/h6-9,19H,3-5,10-12H2,1-2H3. The Morgan fingerprint density at radius 2 is 1.93 bits per heavy atom. The van der Waals surface area contributed by atoms with E-state index in [4.69, 9.17) is 0 Å². The maximum atomic E-state index is 12.5. The Hall–Kier alpha value is -2.79. The number of nitrogens with zero attached hydrogens (tertiary/aromatic N) is 4. The van der Waals surface area contributed by atoms with Crippen molar-refractivity contribution in [2.45, 2.75) is 44.6 Å². The van der Waals surface area contributed by atoms with Crippen LogP contribution in [0.15, 0.2) is 29.2 Å². The van der Waals surface area contributed by atoms with E-state index in [1.54, 1.807) is 30.9 Å². The highest BCUT2D eigenvalue weighted by atomic mass is 32.2. The van der Waals surface area contributed by atoms with E-state index in [0.29, 0.717) is 43.0 Å². The van der Waals surface area contributed by atoms with Gasteiger partial charge in [0.2, 0.25) is 15.9 Å². The highest BCUT2D eigenvalue weighted by Gasteiger charge is 2.23. The van der Waals surface area contributed by atoms with Gasteiger partial charge in [-0.15, -0.1) is 0 Å². The zero-order chi connectivity index (χ0) is 21.2. The molecule has 1 fully saturated rings. The van der Waals surface area contributed by atoms with Crippen molar-refractivity contribution in [3.05, 3.63) is 45.8 Å². The number of amides is 1. The summed E-state index contributed by atoms with van der Waals surface area (Å²) in [6, 6.07) is 6.22. The van der Waals surface area contributed by atoms with Crippen LogP contribution in [-0.2, 0) is 21.4 Å². The minimum absolute atomic E-state index is 0.0119. The first-order chi connectivity index (χ1) is 13.7. The largest absolute Gasteiger partial charge is 0.312 e. The van der Waals surface area contributed by atoms with Gasteiger partial charge in [0.1, 0.15) is 11.4 Å². The fourth-order valence-electron chi connectivity index (χ4n) is 3.41. The van der Waals surface area contributed by atoms with Gasteiger partial charge >= 0.3 is 5.69 Å². The van der Waals surface area contributed by atoms with Crippen LogP contribution in [0.1, 0.15) is 30.7 Å². The van der Waals surface area contributed by atoms with Crippen LogP contribution in [0, 0.1) is 24.0 Å². The minimum Gasteiger partial charge on any atom is -0.312 e. The summed E-state index contributed by atoms with van der Waals surface area (Å²) >= 11 is 0. The Balaban J connectivity index is 1.57. The van der Waals surface area contributed by atoms with Gasteiger partial charge in [-0.2, -0.15) is 5.10 Å². The summed E-state index contributed by atoms with van der Waals surface area (Å²) in [5, 5.41) is 15.2. The van der Waals surface area contributed by atoms with Crippen molar-refractivity contribution in [2.24, 2.45) is 0 Å². The van der Waals surface area contributed by atoms with Crippen LogP contribution in [0.3, 0.4) is 0 Å². The molecule has 29 heavy (non-hydrogen) atoms. The second-order valence-electron chi connectivity index (χ2n) is 6.89. The van der Waals surface area contributed by atoms with Gasteiger partial charge in [0.25, 0.3) is 0 Å². The van der Waals surface area contributed by atoms with Crippen molar-refractivity contribution >= 4 is 27.3 Å². The first kappa shape index (κ1) is 20.9. The maximum Gasteiger partial charge on any atom is 0.312 e. The molecule has 10 nitrogen and oxygen atoms in total. The van der Waals surface area contributed by atoms with Crippen molar-refractivity contribution < 1.29 is 18.1 Å². The van der Waals surface area contributed by atoms with Crippen molar-refractivity contribution in [1.29, 1.82) is 0 Å². The number of sulfonamides is 1. The number of rotatable bonds is 8. The topological polar surface area (TPSA) is 127 Å². The number of carbonyl (C=O) groups excluding carboxylic acids is 1. The molecule has 0 aliphatic carbocycles. The van der Waals surface area contributed by atoms with Crippen LogP contribution in [0.2, 0.25) is 0 Å². The molecule has 1 N–H and O–H groups in total. The summed E-state index contributed by atoms with van der Waals surface area (Å²) in [5.41, 5.74) is 1.46. The number of nitrogens with one attached hydrogen (secondary N) is 1. The molecule has 1 aliphatic heterocycles. The predicted molar refractivity (Wildman–Crippen MR) is 106 cm³/mol. The molecule has 2 heterocycles. The van der Waals surface area contributed by atoms with E-state index in [1.807, 2.05) is 0 Å². The molecule has 1 aromatic heterocycles. The van der Waals surface area contributed by atoms with E-state index in [2.05, 4.69) is 9.82 Å². The van der Waals surface area contributed by atoms with E-state index < -0.39 is 14.9 Å². The molecule has 0 bridgehead atoms. The lowest BCUT2D eigenvalue weighted by molar-refractivity contribution is -0.386. The van der Waals surface area contributed by atoms with Gasteiger partial charge in [-0.1, -0.05) is 0 Å². The van der Waals surface area contributed by atoms with Crippen LogP contribution in [0.4, 0.5) is 11.4 Å². The normalized spacial score (nSPS) is 14.6. The van der Waals surface area contributed by atoms with E-state index in [-0.39, 0.29) is 23.0 Å². The summed E-state index contributed by atoms with van der Waals surface area (Å²) in [6.45, 7) is 4.37. The average molecular weight is 421 g/mol. The Labute approximate surface area is 168 Å². The van der Waals surface area contributed by atoms with Crippen molar-refractivity contribution in [3.63, 3.8) is 0 Å². The Bertz CT molecular complexity index is 1030. The minimum atomic E-state index is -3.69. The number of aryl methyl sites for hydroxylation is 2. The quantitative estimate of drug-likeness (QED) is 0.394. The summed E-state index contributed by atoms with van der Waals surface area (Å²) < 4.78 is 28.9. The van der Waals surface area contributed by atoms with Crippen molar-refractivity contribution in [1.82, 2.24) is 14.5 Å². The smallest absolute Gasteiger partial charge is 0.312 e. The van der Waals surface area contributed by atoms with E-state index in [0.717, 1.165) is 6.42 Å². The van der Waals surface area contributed by atoms with Gasteiger partial charge in [-0.3, -0.25) is 19.6 Å². The number of aromatic nitrogens is 2. The molecule has 0 atom stereocenters. The number of hydrogen-bond acceptors (Lipinski definition) is 6. The number of carbonyl (C=O) groups is 1. The average Bonchev–Trinajstić information content (AvgIpc) is 3.21. The zero-order valence-electron chi connectivity index (χ0n) is 16.3. The molecule has 0 radical (unpaired) electrons. The molecule has 1 aliphatic rings. The van der Waals surface area contributed by atoms with E-state index in [1.165, 1.54) is 16.8 Å². The lowest BCUT2D eigenvalue weighted by atomic mass is 10.3. The Morgan fingerprint density at radius 1 is 1.24 bits per heavy atom. The molecule has 2 aromatic rings. The van der Waals surface area contributed by atoms with Gasteiger partial charge in [-0.25, -0.2) is 13.1 Å². The van der Waals surface area contributed by atoms with Gasteiger partial charge in [0, 0.05) is 31.7 Å². The third-order valence-electron chi connectivity index (χ3n) is 4.90. The van der Waals surface area contributed by atoms with E-state index in [9.17, 15) is 23.3 Å². The lowest BCUT2D eigenvalue weighted by Crippen LogP contribution is -2.26. The number of nitro groups is 1. The molecule has 11 heteroatoms. The number of anilines is 1. The molecule has 1 aromatic carbocycles. The molecule has 0 saturated carbocycles. The van der Waals surface area contributed by atoms with Gasteiger partial charge < -0.3 is 4.90 Å². The maximum absolute atomic E-state index is 12.5. The third kappa shape index (κ3) is 4.46. The number of hydrogen-bond donors (Lipinski definition) is 1. The van der Waals surface area contributed by atoms with E-state index >= 15 is 0 Å². The summed E-state index contributed by atoms with van der Waals surface area (Å²) in [6.07, 6.45) is 1.75. The van der Waals surface area contributed by atoms with Crippen LogP contribution in [0.25, 0.3) is 0 Å². The van der Waals surface area contributed by atoms with Crippen LogP contribution in [-0.4, -0.2) is 42.1 Å². The van der Waals surface area contributed by atoms with Crippen LogP contribution in [0.5, 0.6) is 0 Å². The Morgan fingerprint density at radius 3 is 2.48 bits per heavy atom. The molecule has 0 unspecified atom stereocenters. The first-order valence-electron chi connectivity index (χ1n) is 9.29. The Kier molecular flexibility index (Phi) is 5.99.